The number of anilines is 1. The number of aryl methyl sites for hydroxylation is 1. The molecule has 20 heavy (non-hydrogen) atoms. The van der Waals surface area contributed by atoms with Gasteiger partial charge in [-0.25, -0.2) is 0 Å². The molecule has 0 aliphatic carbocycles. The highest BCUT2D eigenvalue weighted by molar-refractivity contribution is 5.85. The van der Waals surface area contributed by atoms with Crippen molar-refractivity contribution in [2.45, 2.75) is 31.7 Å². The highest BCUT2D eigenvalue weighted by Gasteiger charge is 2.30. The van der Waals surface area contributed by atoms with E-state index in [2.05, 4.69) is 11.4 Å². The molecule has 2 aliphatic heterocycles. The van der Waals surface area contributed by atoms with Crippen LogP contribution in [0.2, 0.25) is 0 Å². The number of aliphatic hydroxyl groups is 1. The van der Waals surface area contributed by atoms with E-state index in [0.717, 1.165) is 44.5 Å². The second kappa shape index (κ2) is 5.83. The Labute approximate surface area is 119 Å². The first-order valence-electron chi connectivity index (χ1n) is 7.52. The van der Waals surface area contributed by atoms with E-state index in [0.29, 0.717) is 5.92 Å². The van der Waals surface area contributed by atoms with Crippen LogP contribution in [-0.2, 0) is 11.2 Å². The third kappa shape index (κ3) is 2.66. The normalized spacial score (nSPS) is 23.1. The number of likely N-dealkylation sites (tertiary alicyclic amines) is 1. The first-order valence-corrected chi connectivity index (χ1v) is 7.52. The van der Waals surface area contributed by atoms with Crippen molar-refractivity contribution in [2.24, 2.45) is 5.92 Å². The Morgan fingerprint density at radius 2 is 2.00 bits per heavy atom. The van der Waals surface area contributed by atoms with Gasteiger partial charge >= 0.3 is 0 Å². The van der Waals surface area contributed by atoms with E-state index in [-0.39, 0.29) is 18.6 Å². The maximum atomic E-state index is 12.6. The van der Waals surface area contributed by atoms with Gasteiger partial charge in [0.25, 0.3) is 0 Å². The molecule has 2 heterocycles. The van der Waals surface area contributed by atoms with Crippen LogP contribution >= 0.6 is 0 Å². The van der Waals surface area contributed by atoms with Gasteiger partial charge in [0, 0.05) is 25.4 Å². The molecular weight excluding hydrogens is 252 g/mol. The first-order chi connectivity index (χ1) is 9.78. The van der Waals surface area contributed by atoms with Crippen molar-refractivity contribution in [3.8, 4) is 0 Å². The number of nitrogens with one attached hydrogen (secondary N) is 1. The molecule has 0 radical (unpaired) electrons. The number of benzene rings is 1. The second-order valence-electron chi connectivity index (χ2n) is 5.84. The van der Waals surface area contributed by atoms with Crippen molar-refractivity contribution in [3.05, 3.63) is 29.8 Å². The van der Waals surface area contributed by atoms with Crippen LogP contribution in [0.4, 0.5) is 5.69 Å². The summed E-state index contributed by atoms with van der Waals surface area (Å²) in [6, 6.07) is 8.13. The van der Waals surface area contributed by atoms with Gasteiger partial charge in [-0.1, -0.05) is 18.2 Å². The van der Waals surface area contributed by atoms with Crippen LogP contribution < -0.4 is 5.32 Å². The van der Waals surface area contributed by atoms with E-state index in [4.69, 9.17) is 5.11 Å². The lowest BCUT2D eigenvalue weighted by Gasteiger charge is -2.35. The minimum Gasteiger partial charge on any atom is -0.396 e. The number of aliphatic hydroxyl groups excluding tert-OH is 1. The van der Waals surface area contributed by atoms with Gasteiger partial charge in [0.2, 0.25) is 5.91 Å². The molecule has 4 nitrogen and oxygen atoms in total. The number of amides is 1. The van der Waals surface area contributed by atoms with Crippen molar-refractivity contribution in [1.82, 2.24) is 4.90 Å². The quantitative estimate of drug-likeness (QED) is 0.862. The third-order valence-corrected chi connectivity index (χ3v) is 4.53. The molecule has 1 saturated heterocycles. The molecule has 2 N–H and O–H groups in total. The zero-order chi connectivity index (χ0) is 13.9. The molecule has 1 aromatic rings. The maximum absolute atomic E-state index is 12.6. The third-order valence-electron chi connectivity index (χ3n) is 4.53. The van der Waals surface area contributed by atoms with Crippen LogP contribution in [0, 0.1) is 5.92 Å². The fourth-order valence-electron chi connectivity index (χ4n) is 3.18. The number of nitrogens with zero attached hydrogens (tertiary/aromatic N) is 1. The van der Waals surface area contributed by atoms with Gasteiger partial charge in [0.15, 0.2) is 0 Å². The van der Waals surface area contributed by atoms with Gasteiger partial charge in [-0.15, -0.1) is 0 Å². The average molecular weight is 274 g/mol. The number of hydrogen-bond acceptors (Lipinski definition) is 3. The predicted molar refractivity (Wildman–Crippen MR) is 78.6 cm³/mol. The zero-order valence-corrected chi connectivity index (χ0v) is 11.7. The summed E-state index contributed by atoms with van der Waals surface area (Å²) in [5.74, 6) is 0.593. The maximum Gasteiger partial charge on any atom is 0.245 e. The van der Waals surface area contributed by atoms with E-state index < -0.39 is 0 Å². The summed E-state index contributed by atoms with van der Waals surface area (Å²) in [5.41, 5.74) is 2.40. The summed E-state index contributed by atoms with van der Waals surface area (Å²) >= 11 is 0. The van der Waals surface area contributed by atoms with Gasteiger partial charge < -0.3 is 15.3 Å². The van der Waals surface area contributed by atoms with Crippen LogP contribution in [0.5, 0.6) is 0 Å². The Balaban J connectivity index is 1.62. The highest BCUT2D eigenvalue weighted by Crippen LogP contribution is 2.26. The summed E-state index contributed by atoms with van der Waals surface area (Å²) in [4.78, 5) is 14.5. The van der Waals surface area contributed by atoms with Crippen molar-refractivity contribution in [3.63, 3.8) is 0 Å². The van der Waals surface area contributed by atoms with Crippen molar-refractivity contribution in [2.75, 3.05) is 25.0 Å². The number of rotatable bonds is 2. The summed E-state index contributed by atoms with van der Waals surface area (Å²) in [6.07, 6.45) is 3.68. The van der Waals surface area contributed by atoms with E-state index >= 15 is 0 Å². The lowest BCUT2D eigenvalue weighted by Crippen LogP contribution is -2.48. The molecule has 0 aromatic heterocycles. The molecule has 1 aromatic carbocycles. The van der Waals surface area contributed by atoms with Crippen LogP contribution in [0.25, 0.3) is 0 Å². The lowest BCUT2D eigenvalue weighted by atomic mass is 9.94. The SMILES string of the molecule is O=C(C1CCc2ccccc2N1)N1CCC(CO)CC1. The molecule has 1 fully saturated rings. The van der Waals surface area contributed by atoms with E-state index in [9.17, 15) is 4.79 Å². The largest absolute Gasteiger partial charge is 0.396 e. The number of piperidine rings is 1. The monoisotopic (exact) mass is 274 g/mol. The summed E-state index contributed by atoms with van der Waals surface area (Å²) < 4.78 is 0. The molecule has 2 aliphatic rings. The van der Waals surface area contributed by atoms with Crippen LogP contribution in [-0.4, -0.2) is 41.7 Å². The number of para-hydroxylation sites is 1. The fraction of sp³-hybridized carbons (Fsp3) is 0.562. The van der Waals surface area contributed by atoms with Crippen molar-refractivity contribution < 1.29 is 9.90 Å². The predicted octanol–water partition coefficient (Wildman–Crippen LogP) is 1.64. The number of hydrogen-bond donors (Lipinski definition) is 2. The molecule has 0 spiro atoms. The van der Waals surface area contributed by atoms with E-state index in [1.54, 1.807) is 0 Å². The van der Waals surface area contributed by atoms with Gasteiger partial charge in [-0.3, -0.25) is 4.79 Å². The summed E-state index contributed by atoms with van der Waals surface area (Å²) in [5, 5.41) is 12.5. The summed E-state index contributed by atoms with van der Waals surface area (Å²) in [7, 11) is 0. The first kappa shape index (κ1) is 13.4. The molecule has 1 atom stereocenters. The highest BCUT2D eigenvalue weighted by atomic mass is 16.3. The molecule has 108 valence electrons. The molecule has 0 saturated carbocycles. The van der Waals surface area contributed by atoms with E-state index in [1.165, 1.54) is 5.56 Å². The topological polar surface area (TPSA) is 52.6 Å². The van der Waals surface area contributed by atoms with Gasteiger partial charge in [0.05, 0.1) is 0 Å². The van der Waals surface area contributed by atoms with Gasteiger partial charge in [0.1, 0.15) is 6.04 Å². The molecular formula is C16H22N2O2. The van der Waals surface area contributed by atoms with E-state index in [1.807, 2.05) is 23.1 Å². The second-order valence-corrected chi connectivity index (χ2v) is 5.84. The van der Waals surface area contributed by atoms with Gasteiger partial charge in [-0.05, 0) is 43.2 Å². The molecule has 1 amide bonds. The lowest BCUT2D eigenvalue weighted by molar-refractivity contribution is -0.133. The average Bonchev–Trinajstić information content (AvgIpc) is 2.54. The standard InChI is InChI=1S/C16H22N2O2/c19-11-12-7-9-18(10-8-12)16(20)15-6-5-13-3-1-2-4-14(13)17-15/h1-4,12,15,17,19H,5-11H2. The van der Waals surface area contributed by atoms with Crippen molar-refractivity contribution >= 4 is 11.6 Å². The Bertz CT molecular complexity index is 481. The minimum atomic E-state index is -0.0874. The molecule has 0 bridgehead atoms. The summed E-state index contributed by atoms with van der Waals surface area (Å²) in [6.45, 7) is 1.81. The van der Waals surface area contributed by atoms with Gasteiger partial charge in [-0.2, -0.15) is 0 Å². The number of carbonyl (C=O) groups excluding carboxylic acids is 1. The van der Waals surface area contributed by atoms with Crippen molar-refractivity contribution in [1.29, 1.82) is 0 Å². The van der Waals surface area contributed by atoms with Crippen LogP contribution in [0.1, 0.15) is 24.8 Å². The smallest absolute Gasteiger partial charge is 0.245 e. The Morgan fingerprint density at radius 1 is 1.25 bits per heavy atom. The molecule has 3 rings (SSSR count). The van der Waals surface area contributed by atoms with Crippen LogP contribution in [0.3, 0.4) is 0 Å². The Hall–Kier alpha value is -1.55. The molecule has 1 unspecified atom stereocenters. The number of carbonyl (C=O) groups is 1. The minimum absolute atomic E-state index is 0.0874. The fourth-order valence-corrected chi connectivity index (χ4v) is 3.18. The Morgan fingerprint density at radius 3 is 2.75 bits per heavy atom. The zero-order valence-electron chi connectivity index (χ0n) is 11.7. The van der Waals surface area contributed by atoms with Crippen LogP contribution in [0.15, 0.2) is 24.3 Å². The number of fused-ring (bicyclic) bond motifs is 1. The molecule has 4 heteroatoms. The Kier molecular flexibility index (Phi) is 3.92.